The van der Waals surface area contributed by atoms with Gasteiger partial charge in [-0.1, -0.05) is 12.1 Å². The second kappa shape index (κ2) is 9.60. The van der Waals surface area contributed by atoms with Gasteiger partial charge < -0.3 is 25.0 Å². The lowest BCUT2D eigenvalue weighted by Crippen LogP contribution is -2.46. The van der Waals surface area contributed by atoms with Crippen LogP contribution >= 0.6 is 0 Å². The molecule has 1 heterocycles. The molecule has 1 aliphatic heterocycles. The quantitative estimate of drug-likeness (QED) is 0.590. The summed E-state index contributed by atoms with van der Waals surface area (Å²) < 4.78 is 18.6. The zero-order valence-corrected chi connectivity index (χ0v) is 18.1. The van der Waals surface area contributed by atoms with Gasteiger partial charge in [-0.05, 0) is 54.6 Å². The molecule has 2 N–H and O–H groups in total. The summed E-state index contributed by atoms with van der Waals surface area (Å²) >= 11 is 0. The number of nitrogens with zero attached hydrogens (tertiary/aromatic N) is 2. The number of piperazine rings is 1. The average Bonchev–Trinajstić information content (AvgIpc) is 2.84. The van der Waals surface area contributed by atoms with Gasteiger partial charge in [0, 0.05) is 37.4 Å². The Balaban J connectivity index is 1.48. The maximum absolute atomic E-state index is 13.1. The van der Waals surface area contributed by atoms with Gasteiger partial charge in [0.25, 0.3) is 5.91 Å². The molecule has 0 aromatic heterocycles. The van der Waals surface area contributed by atoms with Gasteiger partial charge >= 0.3 is 5.97 Å². The second-order valence-corrected chi connectivity index (χ2v) is 7.64. The van der Waals surface area contributed by atoms with Crippen LogP contribution in [0.1, 0.15) is 20.7 Å². The van der Waals surface area contributed by atoms with Gasteiger partial charge in [-0.25, -0.2) is 9.18 Å². The highest BCUT2D eigenvalue weighted by atomic mass is 19.1. The number of carboxylic acid groups (broad SMARTS) is 1. The van der Waals surface area contributed by atoms with Crippen molar-refractivity contribution in [2.24, 2.45) is 0 Å². The molecule has 0 saturated carbocycles. The van der Waals surface area contributed by atoms with Crippen molar-refractivity contribution in [1.82, 2.24) is 0 Å². The number of hydrogen-bond acceptors (Lipinski definition) is 5. The Hall–Kier alpha value is -4.07. The number of benzene rings is 3. The van der Waals surface area contributed by atoms with Gasteiger partial charge in [-0.3, -0.25) is 4.79 Å². The molecule has 3 aromatic carbocycles. The number of halogens is 1. The van der Waals surface area contributed by atoms with Gasteiger partial charge in [-0.2, -0.15) is 0 Å². The minimum absolute atomic E-state index is 0.00452. The molecule has 0 aliphatic carbocycles. The third-order valence-electron chi connectivity index (χ3n) is 5.66. The molecule has 1 aliphatic rings. The van der Waals surface area contributed by atoms with Crippen LogP contribution in [0.5, 0.6) is 5.75 Å². The first-order chi connectivity index (χ1) is 16.0. The van der Waals surface area contributed by atoms with Gasteiger partial charge in [0.05, 0.1) is 24.0 Å². The number of ether oxygens (including phenoxy) is 1. The summed E-state index contributed by atoms with van der Waals surface area (Å²) in [4.78, 5) is 28.7. The van der Waals surface area contributed by atoms with E-state index >= 15 is 0 Å². The number of anilines is 3. The van der Waals surface area contributed by atoms with E-state index in [2.05, 4.69) is 15.1 Å². The van der Waals surface area contributed by atoms with Crippen LogP contribution in [-0.2, 0) is 0 Å². The van der Waals surface area contributed by atoms with Gasteiger partial charge in [0.1, 0.15) is 11.6 Å². The monoisotopic (exact) mass is 449 g/mol. The van der Waals surface area contributed by atoms with Gasteiger partial charge in [0.15, 0.2) is 0 Å². The lowest BCUT2D eigenvalue weighted by atomic mass is 10.1. The number of hydrogen-bond donors (Lipinski definition) is 2. The molecule has 8 heteroatoms. The first-order valence-electron chi connectivity index (χ1n) is 10.5. The molecule has 1 saturated heterocycles. The molecule has 1 fully saturated rings. The molecule has 33 heavy (non-hydrogen) atoms. The normalized spacial score (nSPS) is 13.5. The van der Waals surface area contributed by atoms with Crippen molar-refractivity contribution in [3.05, 3.63) is 83.7 Å². The van der Waals surface area contributed by atoms with Crippen LogP contribution < -0.4 is 19.9 Å². The molecule has 4 rings (SSSR count). The molecule has 1 amide bonds. The molecule has 170 valence electrons. The van der Waals surface area contributed by atoms with E-state index in [4.69, 9.17) is 4.74 Å². The number of carboxylic acids is 1. The van der Waals surface area contributed by atoms with Crippen molar-refractivity contribution < 1.29 is 23.8 Å². The van der Waals surface area contributed by atoms with Crippen LogP contribution in [0.2, 0.25) is 0 Å². The first-order valence-corrected chi connectivity index (χ1v) is 10.5. The van der Waals surface area contributed by atoms with Crippen molar-refractivity contribution >= 4 is 28.9 Å². The van der Waals surface area contributed by atoms with E-state index in [0.29, 0.717) is 13.1 Å². The Labute approximate surface area is 191 Å². The third kappa shape index (κ3) is 4.90. The Morgan fingerprint density at radius 3 is 2.27 bits per heavy atom. The summed E-state index contributed by atoms with van der Waals surface area (Å²) in [5, 5.41) is 12.3. The zero-order chi connectivity index (χ0) is 23.4. The molecule has 0 spiro atoms. The Kier molecular flexibility index (Phi) is 6.44. The Morgan fingerprint density at radius 1 is 0.939 bits per heavy atom. The van der Waals surface area contributed by atoms with Crippen molar-refractivity contribution in [3.63, 3.8) is 0 Å². The second-order valence-electron chi connectivity index (χ2n) is 7.64. The number of amides is 1. The number of carbonyl (C=O) groups excluding carboxylic acids is 1. The smallest absolute Gasteiger partial charge is 0.337 e. The number of para-hydroxylation sites is 2. The number of rotatable bonds is 6. The Morgan fingerprint density at radius 2 is 1.61 bits per heavy atom. The van der Waals surface area contributed by atoms with Crippen LogP contribution in [0.3, 0.4) is 0 Å². The van der Waals surface area contributed by atoms with E-state index in [1.807, 2.05) is 24.3 Å². The molecular weight excluding hydrogens is 425 g/mol. The van der Waals surface area contributed by atoms with Gasteiger partial charge in [0.2, 0.25) is 0 Å². The summed E-state index contributed by atoms with van der Waals surface area (Å²) in [6, 6.07) is 17.9. The number of nitrogens with one attached hydrogen (secondary N) is 1. The predicted octanol–water partition coefficient (Wildman–Crippen LogP) is 4.11. The predicted molar refractivity (Wildman–Crippen MR) is 125 cm³/mol. The van der Waals surface area contributed by atoms with Crippen LogP contribution in [0, 0.1) is 5.82 Å². The summed E-state index contributed by atoms with van der Waals surface area (Å²) in [6.07, 6.45) is 0. The fourth-order valence-electron chi connectivity index (χ4n) is 3.91. The van der Waals surface area contributed by atoms with E-state index in [1.165, 1.54) is 24.3 Å². The van der Waals surface area contributed by atoms with Crippen molar-refractivity contribution in [1.29, 1.82) is 0 Å². The van der Waals surface area contributed by atoms with Gasteiger partial charge in [-0.15, -0.1) is 0 Å². The van der Waals surface area contributed by atoms with Crippen LogP contribution in [0.4, 0.5) is 21.5 Å². The van der Waals surface area contributed by atoms with Crippen molar-refractivity contribution in [2.45, 2.75) is 0 Å². The van der Waals surface area contributed by atoms with E-state index in [1.54, 1.807) is 25.3 Å². The summed E-state index contributed by atoms with van der Waals surface area (Å²) in [7, 11) is 1.65. The minimum Gasteiger partial charge on any atom is -0.495 e. The molecule has 0 atom stereocenters. The number of carbonyl (C=O) groups is 2. The van der Waals surface area contributed by atoms with E-state index < -0.39 is 17.7 Å². The highest BCUT2D eigenvalue weighted by Crippen LogP contribution is 2.30. The highest BCUT2D eigenvalue weighted by Gasteiger charge is 2.22. The lowest BCUT2D eigenvalue weighted by molar-refractivity contribution is 0.0698. The van der Waals surface area contributed by atoms with Crippen LogP contribution in [0.15, 0.2) is 66.7 Å². The average molecular weight is 449 g/mol. The molecular formula is C25H24FN3O4. The Bertz CT molecular complexity index is 1160. The fraction of sp³-hybridized carbons (Fsp3) is 0.200. The molecule has 0 bridgehead atoms. The maximum Gasteiger partial charge on any atom is 0.337 e. The maximum atomic E-state index is 13.1. The van der Waals surface area contributed by atoms with Crippen molar-refractivity contribution in [2.75, 3.05) is 48.4 Å². The van der Waals surface area contributed by atoms with E-state index in [0.717, 1.165) is 30.2 Å². The highest BCUT2D eigenvalue weighted by molar-refractivity contribution is 6.08. The summed E-state index contributed by atoms with van der Waals surface area (Å²) in [5.74, 6) is -1.28. The van der Waals surface area contributed by atoms with Crippen LogP contribution in [-0.4, -0.2) is 50.3 Å². The summed E-state index contributed by atoms with van der Waals surface area (Å²) in [6.45, 7) is 2.93. The molecule has 0 unspecified atom stereocenters. The first kappa shape index (κ1) is 22.1. The topological polar surface area (TPSA) is 82.1 Å². The number of aromatic carboxylic acids is 1. The number of methoxy groups -OCH3 is 1. The zero-order valence-electron chi connectivity index (χ0n) is 18.1. The molecule has 7 nitrogen and oxygen atoms in total. The fourth-order valence-corrected chi connectivity index (χ4v) is 3.91. The molecule has 0 radical (unpaired) electrons. The summed E-state index contributed by atoms with van der Waals surface area (Å²) in [5.41, 5.74) is 2.23. The molecule has 3 aromatic rings. The van der Waals surface area contributed by atoms with E-state index in [9.17, 15) is 19.1 Å². The minimum atomic E-state index is -1.14. The standard InChI is InChI=1S/C25H24FN3O4/c1-33-23-5-3-2-4-22(23)29-14-12-28(13-15-29)19-10-11-21(20(16-19)25(31)32)27-24(30)17-6-8-18(26)9-7-17/h2-11,16H,12-15H2,1H3,(H,27,30)(H,31,32). The van der Waals surface area contributed by atoms with Crippen LogP contribution in [0.25, 0.3) is 0 Å². The third-order valence-corrected chi connectivity index (χ3v) is 5.66. The SMILES string of the molecule is COc1ccccc1N1CCN(c2ccc(NC(=O)c3ccc(F)cc3)c(C(=O)O)c2)CC1. The van der Waals surface area contributed by atoms with Crippen molar-refractivity contribution in [3.8, 4) is 5.75 Å². The lowest BCUT2D eigenvalue weighted by Gasteiger charge is -2.38. The van der Waals surface area contributed by atoms with E-state index in [-0.39, 0.29) is 16.8 Å². The largest absolute Gasteiger partial charge is 0.495 e.